The summed E-state index contributed by atoms with van der Waals surface area (Å²) >= 11 is 1.34. The zero-order chi connectivity index (χ0) is 23.8. The molecule has 0 bridgehead atoms. The van der Waals surface area contributed by atoms with Crippen molar-refractivity contribution in [3.05, 3.63) is 77.9 Å². The summed E-state index contributed by atoms with van der Waals surface area (Å²) in [6.07, 6.45) is 0. The van der Waals surface area contributed by atoms with Crippen LogP contribution in [0.4, 0.5) is 11.4 Å². The Kier molecular flexibility index (Phi) is 8.10. The summed E-state index contributed by atoms with van der Waals surface area (Å²) in [6, 6.07) is 19.1. The second-order valence-corrected chi connectivity index (χ2v) is 8.04. The van der Waals surface area contributed by atoms with Gasteiger partial charge in [0.25, 0.3) is 5.91 Å². The van der Waals surface area contributed by atoms with E-state index in [1.54, 1.807) is 60.7 Å². The molecular formula is C25H24N2O5S. The number of hydrogen-bond donors (Lipinski definition) is 2. The maximum atomic E-state index is 12.9. The average molecular weight is 465 g/mol. The predicted octanol–water partition coefficient (Wildman–Crippen LogP) is 4.89. The van der Waals surface area contributed by atoms with E-state index in [-0.39, 0.29) is 23.4 Å². The van der Waals surface area contributed by atoms with Crippen molar-refractivity contribution in [1.82, 2.24) is 0 Å². The van der Waals surface area contributed by atoms with E-state index in [4.69, 9.17) is 9.47 Å². The molecule has 0 saturated heterocycles. The number of nitrogens with one attached hydrogen (secondary N) is 2. The van der Waals surface area contributed by atoms with Gasteiger partial charge in [0.1, 0.15) is 17.1 Å². The minimum Gasteiger partial charge on any atom is -0.496 e. The van der Waals surface area contributed by atoms with E-state index in [9.17, 15) is 14.4 Å². The zero-order valence-electron chi connectivity index (χ0n) is 18.5. The molecule has 7 nitrogen and oxygen atoms in total. The summed E-state index contributed by atoms with van der Waals surface area (Å²) in [5, 5.41) is 5.65. The summed E-state index contributed by atoms with van der Waals surface area (Å²) in [5.41, 5.74) is 2.10. The van der Waals surface area contributed by atoms with Crippen LogP contribution >= 0.6 is 11.8 Å². The van der Waals surface area contributed by atoms with Gasteiger partial charge in [-0.15, -0.1) is 11.8 Å². The molecule has 0 unspecified atom stereocenters. The molecule has 8 heteroatoms. The van der Waals surface area contributed by atoms with Gasteiger partial charge in [-0.2, -0.15) is 0 Å². The summed E-state index contributed by atoms with van der Waals surface area (Å²) in [7, 11) is 2.98. The van der Waals surface area contributed by atoms with Gasteiger partial charge in [-0.05, 0) is 61.5 Å². The number of thioether (sulfide) groups is 1. The molecular weight excluding hydrogens is 440 g/mol. The molecule has 0 spiro atoms. The van der Waals surface area contributed by atoms with Gasteiger partial charge < -0.3 is 20.1 Å². The molecule has 0 aliphatic rings. The number of carbonyl (C=O) groups excluding carboxylic acids is 3. The van der Waals surface area contributed by atoms with Crippen LogP contribution in [0, 0.1) is 0 Å². The normalized spacial score (nSPS) is 10.3. The van der Waals surface area contributed by atoms with Gasteiger partial charge >= 0.3 is 0 Å². The molecule has 0 radical (unpaired) electrons. The molecule has 0 aromatic heterocycles. The number of benzene rings is 3. The number of Topliss-reactive ketones (excluding diaryl/α,β-unsaturated/α-hetero) is 1. The van der Waals surface area contributed by atoms with Crippen LogP contribution in [0.3, 0.4) is 0 Å². The highest BCUT2D eigenvalue weighted by Crippen LogP contribution is 2.30. The monoisotopic (exact) mass is 464 g/mol. The van der Waals surface area contributed by atoms with Crippen LogP contribution in [-0.4, -0.2) is 37.6 Å². The van der Waals surface area contributed by atoms with E-state index in [1.807, 2.05) is 6.07 Å². The van der Waals surface area contributed by atoms with Crippen molar-refractivity contribution in [2.45, 2.75) is 11.8 Å². The average Bonchev–Trinajstić information content (AvgIpc) is 2.82. The first-order chi connectivity index (χ1) is 15.9. The van der Waals surface area contributed by atoms with Crippen LogP contribution < -0.4 is 20.1 Å². The smallest absolute Gasteiger partial charge is 0.263 e. The van der Waals surface area contributed by atoms with Crippen LogP contribution in [-0.2, 0) is 4.79 Å². The first-order valence-electron chi connectivity index (χ1n) is 10.1. The Morgan fingerprint density at radius 1 is 0.818 bits per heavy atom. The van der Waals surface area contributed by atoms with Crippen molar-refractivity contribution in [2.75, 3.05) is 30.6 Å². The SMILES string of the molecule is COc1cccc(OC)c1C(=O)Nc1cccc(SCC(=O)Nc2ccc(C(C)=O)cc2)c1. The summed E-state index contributed by atoms with van der Waals surface area (Å²) in [6.45, 7) is 1.49. The number of anilines is 2. The van der Waals surface area contributed by atoms with Gasteiger partial charge in [0, 0.05) is 21.8 Å². The Labute approximate surface area is 196 Å². The van der Waals surface area contributed by atoms with Crippen molar-refractivity contribution in [3.63, 3.8) is 0 Å². The summed E-state index contributed by atoms with van der Waals surface area (Å²) < 4.78 is 10.6. The number of amides is 2. The van der Waals surface area contributed by atoms with Gasteiger partial charge in [-0.3, -0.25) is 14.4 Å². The minimum atomic E-state index is -0.363. The van der Waals surface area contributed by atoms with Gasteiger partial charge in [0.05, 0.1) is 20.0 Å². The Balaban J connectivity index is 1.61. The van der Waals surface area contributed by atoms with E-state index in [1.165, 1.54) is 32.9 Å². The lowest BCUT2D eigenvalue weighted by Gasteiger charge is -2.13. The molecule has 3 aromatic carbocycles. The third-order valence-corrected chi connectivity index (χ3v) is 5.69. The highest BCUT2D eigenvalue weighted by atomic mass is 32.2. The standard InChI is InChI=1S/C25H24N2O5S/c1-16(28)17-10-12-18(13-11-17)26-23(29)15-33-20-7-4-6-19(14-20)27-25(30)24-21(31-2)8-5-9-22(24)32-3/h4-14H,15H2,1-3H3,(H,26,29)(H,27,30). The van der Waals surface area contributed by atoms with E-state index in [0.29, 0.717) is 34.0 Å². The van der Waals surface area contributed by atoms with Crippen molar-refractivity contribution >= 4 is 40.7 Å². The van der Waals surface area contributed by atoms with Crippen molar-refractivity contribution < 1.29 is 23.9 Å². The molecule has 3 rings (SSSR count). The fourth-order valence-corrected chi connectivity index (χ4v) is 3.82. The molecule has 0 atom stereocenters. The molecule has 0 aliphatic heterocycles. The summed E-state index contributed by atoms with van der Waals surface area (Å²) in [4.78, 5) is 37.3. The van der Waals surface area contributed by atoms with Crippen molar-refractivity contribution in [3.8, 4) is 11.5 Å². The predicted molar refractivity (Wildman–Crippen MR) is 130 cm³/mol. The zero-order valence-corrected chi connectivity index (χ0v) is 19.3. The highest BCUT2D eigenvalue weighted by Gasteiger charge is 2.18. The molecule has 170 valence electrons. The van der Waals surface area contributed by atoms with Gasteiger partial charge in [-0.1, -0.05) is 12.1 Å². The molecule has 3 aromatic rings. The second-order valence-electron chi connectivity index (χ2n) is 6.99. The fraction of sp³-hybridized carbons (Fsp3) is 0.160. The van der Waals surface area contributed by atoms with E-state index in [2.05, 4.69) is 10.6 Å². The number of ether oxygens (including phenoxy) is 2. The Bertz CT molecular complexity index is 1140. The van der Waals surface area contributed by atoms with E-state index in [0.717, 1.165) is 4.90 Å². The Morgan fingerprint density at radius 3 is 2.06 bits per heavy atom. The lowest BCUT2D eigenvalue weighted by atomic mass is 10.1. The third kappa shape index (κ3) is 6.36. The number of ketones is 1. The van der Waals surface area contributed by atoms with Crippen molar-refractivity contribution in [1.29, 1.82) is 0 Å². The third-order valence-electron chi connectivity index (χ3n) is 4.69. The van der Waals surface area contributed by atoms with Gasteiger partial charge in [0.2, 0.25) is 5.91 Å². The maximum Gasteiger partial charge on any atom is 0.263 e. The number of carbonyl (C=O) groups is 3. The van der Waals surface area contributed by atoms with Gasteiger partial charge in [-0.25, -0.2) is 0 Å². The lowest BCUT2D eigenvalue weighted by molar-refractivity contribution is -0.113. The molecule has 2 amide bonds. The summed E-state index contributed by atoms with van der Waals surface area (Å²) in [5.74, 6) is 0.434. The first kappa shape index (κ1) is 23.9. The molecule has 0 fully saturated rings. The largest absolute Gasteiger partial charge is 0.496 e. The quantitative estimate of drug-likeness (QED) is 0.346. The Hall–Kier alpha value is -3.78. The molecule has 2 N–H and O–H groups in total. The number of rotatable bonds is 9. The number of hydrogen-bond acceptors (Lipinski definition) is 6. The van der Waals surface area contributed by atoms with E-state index < -0.39 is 0 Å². The van der Waals surface area contributed by atoms with Crippen LogP contribution in [0.5, 0.6) is 11.5 Å². The highest BCUT2D eigenvalue weighted by molar-refractivity contribution is 8.00. The number of methoxy groups -OCH3 is 2. The van der Waals surface area contributed by atoms with E-state index >= 15 is 0 Å². The van der Waals surface area contributed by atoms with Crippen LogP contribution in [0.2, 0.25) is 0 Å². The fourth-order valence-electron chi connectivity index (χ4n) is 3.07. The lowest BCUT2D eigenvalue weighted by Crippen LogP contribution is -2.15. The second kappa shape index (κ2) is 11.2. The van der Waals surface area contributed by atoms with Crippen LogP contribution in [0.1, 0.15) is 27.6 Å². The maximum absolute atomic E-state index is 12.9. The topological polar surface area (TPSA) is 93.7 Å². The van der Waals surface area contributed by atoms with Gasteiger partial charge in [0.15, 0.2) is 5.78 Å². The van der Waals surface area contributed by atoms with Crippen LogP contribution in [0.25, 0.3) is 0 Å². The molecule has 0 heterocycles. The Morgan fingerprint density at radius 2 is 1.45 bits per heavy atom. The minimum absolute atomic E-state index is 0.0282. The molecule has 0 saturated carbocycles. The van der Waals surface area contributed by atoms with Crippen LogP contribution in [0.15, 0.2) is 71.6 Å². The molecule has 33 heavy (non-hydrogen) atoms. The van der Waals surface area contributed by atoms with Crippen molar-refractivity contribution in [2.24, 2.45) is 0 Å². The first-order valence-corrected chi connectivity index (χ1v) is 11.1. The molecule has 0 aliphatic carbocycles.